The summed E-state index contributed by atoms with van der Waals surface area (Å²) in [5.41, 5.74) is 0.351. The van der Waals surface area contributed by atoms with Gasteiger partial charge < -0.3 is 0 Å². The fourth-order valence-electron chi connectivity index (χ4n) is 1.82. The molecule has 2 rings (SSSR count). The van der Waals surface area contributed by atoms with Gasteiger partial charge in [0.05, 0.1) is 5.69 Å². The Morgan fingerprint density at radius 2 is 2.18 bits per heavy atom. The molecular weight excluding hydrogens is 309 g/mol. The number of benzene rings is 1. The molecule has 1 aromatic heterocycles. The third kappa shape index (κ3) is 3.80. The fourth-order valence-corrected chi connectivity index (χ4v) is 2.77. The van der Waals surface area contributed by atoms with Crippen molar-refractivity contribution >= 4 is 15.9 Å². The summed E-state index contributed by atoms with van der Waals surface area (Å²) in [6, 6.07) is 4.03. The van der Waals surface area contributed by atoms with E-state index in [1.54, 1.807) is 0 Å². The van der Waals surface area contributed by atoms with E-state index in [4.69, 9.17) is 0 Å². The van der Waals surface area contributed by atoms with E-state index in [1.807, 2.05) is 6.92 Å². The molecule has 1 N–H and O–H groups in total. The standard InChI is InChI=1S/C13H18FN5O2S/c1-3-4-7-18(2)22(20,21)17-11-5-6-13(12(14)8-11)19-10-15-9-16-19/h5-6,8-10,17H,3-4,7H2,1-2H3. The van der Waals surface area contributed by atoms with Crippen molar-refractivity contribution in [1.82, 2.24) is 19.1 Å². The van der Waals surface area contributed by atoms with E-state index in [0.717, 1.165) is 18.9 Å². The van der Waals surface area contributed by atoms with Crippen LogP contribution in [0.4, 0.5) is 10.1 Å². The first-order valence-electron chi connectivity index (χ1n) is 6.82. The van der Waals surface area contributed by atoms with Crippen LogP contribution in [0, 0.1) is 5.82 Å². The molecule has 1 aromatic carbocycles. The lowest BCUT2D eigenvalue weighted by atomic mass is 10.3. The Balaban J connectivity index is 2.15. The van der Waals surface area contributed by atoms with E-state index in [9.17, 15) is 12.8 Å². The topological polar surface area (TPSA) is 80.1 Å². The van der Waals surface area contributed by atoms with Gasteiger partial charge >= 0.3 is 10.2 Å². The largest absolute Gasteiger partial charge is 0.301 e. The SMILES string of the molecule is CCCCN(C)S(=O)(=O)Nc1ccc(-n2cncn2)c(F)c1. The van der Waals surface area contributed by atoms with Crippen molar-refractivity contribution in [3.05, 3.63) is 36.7 Å². The lowest BCUT2D eigenvalue weighted by Gasteiger charge is -2.18. The minimum Gasteiger partial charge on any atom is -0.271 e. The van der Waals surface area contributed by atoms with Gasteiger partial charge in [0, 0.05) is 19.7 Å². The van der Waals surface area contributed by atoms with E-state index in [1.165, 1.54) is 40.8 Å². The van der Waals surface area contributed by atoms with Crippen molar-refractivity contribution in [1.29, 1.82) is 0 Å². The van der Waals surface area contributed by atoms with Crippen LogP contribution in [0.5, 0.6) is 0 Å². The molecule has 0 amide bonds. The quantitative estimate of drug-likeness (QED) is 0.841. The maximum atomic E-state index is 14.1. The van der Waals surface area contributed by atoms with Gasteiger partial charge in [-0.2, -0.15) is 17.8 Å². The third-order valence-corrected chi connectivity index (χ3v) is 4.59. The Morgan fingerprint density at radius 3 is 2.77 bits per heavy atom. The first kappa shape index (κ1) is 16.4. The Hall–Kier alpha value is -2.00. The van der Waals surface area contributed by atoms with Gasteiger partial charge in [0.15, 0.2) is 5.82 Å². The maximum Gasteiger partial charge on any atom is 0.301 e. The van der Waals surface area contributed by atoms with Crippen molar-refractivity contribution in [3.63, 3.8) is 0 Å². The van der Waals surface area contributed by atoms with Crippen LogP contribution in [0.3, 0.4) is 0 Å². The highest BCUT2D eigenvalue weighted by Crippen LogP contribution is 2.19. The van der Waals surface area contributed by atoms with E-state index in [2.05, 4.69) is 14.8 Å². The van der Waals surface area contributed by atoms with E-state index in [-0.39, 0.29) is 11.4 Å². The second kappa shape index (κ2) is 6.84. The zero-order valence-corrected chi connectivity index (χ0v) is 13.2. The van der Waals surface area contributed by atoms with Crippen LogP contribution in [0.2, 0.25) is 0 Å². The van der Waals surface area contributed by atoms with Gasteiger partial charge in [-0.15, -0.1) is 0 Å². The highest BCUT2D eigenvalue weighted by molar-refractivity contribution is 7.90. The average Bonchev–Trinajstić information content (AvgIpc) is 2.98. The number of anilines is 1. The van der Waals surface area contributed by atoms with Gasteiger partial charge in [0.2, 0.25) is 0 Å². The molecule has 0 bridgehead atoms. The van der Waals surface area contributed by atoms with Gasteiger partial charge in [-0.05, 0) is 18.6 Å². The van der Waals surface area contributed by atoms with Crippen LogP contribution in [0.25, 0.3) is 5.69 Å². The van der Waals surface area contributed by atoms with Gasteiger partial charge in [-0.1, -0.05) is 13.3 Å². The van der Waals surface area contributed by atoms with Crippen LogP contribution in [0.15, 0.2) is 30.9 Å². The molecule has 120 valence electrons. The number of nitrogens with one attached hydrogen (secondary N) is 1. The Labute approximate surface area is 129 Å². The molecule has 0 unspecified atom stereocenters. The van der Waals surface area contributed by atoms with Crippen LogP contribution in [-0.2, 0) is 10.2 Å². The van der Waals surface area contributed by atoms with Crippen molar-refractivity contribution < 1.29 is 12.8 Å². The molecular formula is C13H18FN5O2S. The van der Waals surface area contributed by atoms with Crippen LogP contribution >= 0.6 is 0 Å². The number of nitrogens with zero attached hydrogens (tertiary/aromatic N) is 4. The summed E-state index contributed by atoms with van der Waals surface area (Å²) in [6.45, 7) is 2.39. The number of rotatable bonds is 7. The number of hydrogen-bond acceptors (Lipinski definition) is 4. The zero-order chi connectivity index (χ0) is 16.2. The number of hydrogen-bond donors (Lipinski definition) is 1. The molecule has 0 aliphatic carbocycles. The molecule has 22 heavy (non-hydrogen) atoms. The van der Waals surface area contributed by atoms with Crippen molar-refractivity contribution in [2.24, 2.45) is 0 Å². The number of unbranched alkanes of at least 4 members (excludes halogenated alkanes) is 1. The Bertz CT molecular complexity index is 718. The summed E-state index contributed by atoms with van der Waals surface area (Å²) >= 11 is 0. The van der Waals surface area contributed by atoms with Crippen LogP contribution < -0.4 is 4.72 Å². The number of halogens is 1. The molecule has 9 heteroatoms. The summed E-state index contributed by atoms with van der Waals surface area (Å²) in [7, 11) is -2.20. The summed E-state index contributed by atoms with van der Waals surface area (Å²) in [5, 5.41) is 3.83. The van der Waals surface area contributed by atoms with Gasteiger partial charge in [-0.25, -0.2) is 14.1 Å². The third-order valence-electron chi connectivity index (χ3n) is 3.10. The molecule has 1 heterocycles. The van der Waals surface area contributed by atoms with Crippen molar-refractivity contribution in [2.45, 2.75) is 19.8 Å². The van der Waals surface area contributed by atoms with Crippen molar-refractivity contribution in [3.8, 4) is 5.69 Å². The fraction of sp³-hybridized carbons (Fsp3) is 0.385. The Kier molecular flexibility index (Phi) is 5.09. The first-order valence-corrected chi connectivity index (χ1v) is 8.26. The highest BCUT2D eigenvalue weighted by atomic mass is 32.2. The molecule has 0 aliphatic heterocycles. The lowest BCUT2D eigenvalue weighted by Crippen LogP contribution is -2.33. The first-order chi connectivity index (χ1) is 10.4. The predicted octanol–water partition coefficient (Wildman–Crippen LogP) is 1.80. The highest BCUT2D eigenvalue weighted by Gasteiger charge is 2.17. The second-order valence-corrected chi connectivity index (χ2v) is 6.57. The van der Waals surface area contributed by atoms with Gasteiger partial charge in [0.25, 0.3) is 0 Å². The molecule has 0 saturated carbocycles. The average molecular weight is 327 g/mol. The van der Waals surface area contributed by atoms with Crippen LogP contribution in [-0.4, -0.2) is 41.1 Å². The van der Waals surface area contributed by atoms with Gasteiger partial charge in [-0.3, -0.25) is 4.72 Å². The zero-order valence-electron chi connectivity index (χ0n) is 12.4. The summed E-state index contributed by atoms with van der Waals surface area (Å²) in [5.74, 6) is -0.595. The molecule has 0 fully saturated rings. The summed E-state index contributed by atoms with van der Waals surface area (Å²) in [6.07, 6.45) is 4.30. The smallest absolute Gasteiger partial charge is 0.271 e. The molecule has 0 saturated heterocycles. The number of aromatic nitrogens is 3. The minimum absolute atomic E-state index is 0.157. The molecule has 2 aromatic rings. The minimum atomic E-state index is -3.69. The van der Waals surface area contributed by atoms with E-state index in [0.29, 0.717) is 6.54 Å². The van der Waals surface area contributed by atoms with Crippen LogP contribution in [0.1, 0.15) is 19.8 Å². The molecule has 0 aliphatic rings. The summed E-state index contributed by atoms with van der Waals surface area (Å²) in [4.78, 5) is 3.74. The van der Waals surface area contributed by atoms with E-state index >= 15 is 0 Å². The normalized spacial score (nSPS) is 11.8. The lowest BCUT2D eigenvalue weighted by molar-refractivity contribution is 0.463. The van der Waals surface area contributed by atoms with Crippen molar-refractivity contribution in [2.75, 3.05) is 18.3 Å². The Morgan fingerprint density at radius 1 is 1.41 bits per heavy atom. The molecule has 0 radical (unpaired) electrons. The van der Waals surface area contributed by atoms with Gasteiger partial charge in [0.1, 0.15) is 18.3 Å². The molecule has 7 nitrogen and oxygen atoms in total. The monoisotopic (exact) mass is 327 g/mol. The van der Waals surface area contributed by atoms with E-state index < -0.39 is 16.0 Å². The maximum absolute atomic E-state index is 14.1. The molecule has 0 atom stereocenters. The summed E-state index contributed by atoms with van der Waals surface area (Å²) < 4.78 is 43.1. The predicted molar refractivity (Wildman–Crippen MR) is 81.4 cm³/mol. The second-order valence-electron chi connectivity index (χ2n) is 4.79. The molecule has 0 spiro atoms.